The lowest BCUT2D eigenvalue weighted by atomic mass is 10.2. The predicted octanol–water partition coefficient (Wildman–Crippen LogP) is 4.62. The molecular formula is C25H30N6O2. The Kier molecular flexibility index (Phi) is 8.68. The Labute approximate surface area is 194 Å². The highest BCUT2D eigenvalue weighted by Crippen LogP contribution is 2.27. The van der Waals surface area contributed by atoms with Crippen molar-refractivity contribution in [3.63, 3.8) is 0 Å². The standard InChI is InChI=1S/C22H24N6O2.C3H6/c1-6-18-27-19(14(3)28(18)5)22(30)26-17-11-15(21(29)23-4)12-24-20(17)25-16-10-8-7-9-13(16)2;1-3-2/h6-12H,1H2,2-5H3,(H,23,29)(H,24,25)(H,26,30);3H,1H2,2H3. The van der Waals surface area contributed by atoms with E-state index in [-0.39, 0.29) is 11.6 Å². The number of hydrogen-bond donors (Lipinski definition) is 3. The second-order valence-corrected chi connectivity index (χ2v) is 7.17. The van der Waals surface area contributed by atoms with Crippen LogP contribution in [0.3, 0.4) is 0 Å². The minimum absolute atomic E-state index is 0.277. The van der Waals surface area contributed by atoms with E-state index >= 15 is 0 Å². The number of aromatic nitrogens is 3. The number of carbonyl (C=O) groups is 2. The lowest BCUT2D eigenvalue weighted by Crippen LogP contribution is -2.20. The zero-order valence-corrected chi connectivity index (χ0v) is 19.7. The minimum Gasteiger partial charge on any atom is -0.355 e. The highest BCUT2D eigenvalue weighted by molar-refractivity contribution is 6.06. The van der Waals surface area contributed by atoms with Crippen LogP contribution in [0.1, 0.15) is 44.9 Å². The predicted molar refractivity (Wildman–Crippen MR) is 134 cm³/mol. The number of nitrogens with one attached hydrogen (secondary N) is 3. The smallest absolute Gasteiger partial charge is 0.276 e. The van der Waals surface area contributed by atoms with Gasteiger partial charge in [-0.2, -0.15) is 0 Å². The van der Waals surface area contributed by atoms with Crippen molar-refractivity contribution in [2.75, 3.05) is 17.7 Å². The summed E-state index contributed by atoms with van der Waals surface area (Å²) in [6.07, 6.45) is 4.79. The minimum atomic E-state index is -0.403. The number of anilines is 3. The van der Waals surface area contributed by atoms with Crippen LogP contribution in [-0.4, -0.2) is 33.4 Å². The average molecular weight is 447 g/mol. The van der Waals surface area contributed by atoms with Gasteiger partial charge in [-0.05, 0) is 44.5 Å². The fourth-order valence-corrected chi connectivity index (χ4v) is 2.95. The van der Waals surface area contributed by atoms with Gasteiger partial charge in [0.1, 0.15) is 11.5 Å². The van der Waals surface area contributed by atoms with Gasteiger partial charge < -0.3 is 20.5 Å². The van der Waals surface area contributed by atoms with Crippen molar-refractivity contribution in [3.05, 3.63) is 84.1 Å². The molecule has 0 bridgehead atoms. The van der Waals surface area contributed by atoms with Crippen LogP contribution in [0, 0.1) is 13.8 Å². The number of amides is 2. The molecule has 2 aromatic heterocycles. The summed E-state index contributed by atoms with van der Waals surface area (Å²) in [6, 6.07) is 9.30. The SMILES string of the molecule is C=CC.C=Cc1nc(C(=O)Nc2cc(C(=O)NC)cnc2Nc2ccccc2C)c(C)n1C. The molecule has 3 rings (SSSR count). The van der Waals surface area contributed by atoms with Gasteiger partial charge in [0.2, 0.25) is 0 Å². The molecule has 0 fully saturated rings. The fourth-order valence-electron chi connectivity index (χ4n) is 2.95. The number of para-hydroxylation sites is 1. The molecule has 2 amide bonds. The van der Waals surface area contributed by atoms with E-state index in [0.717, 1.165) is 11.3 Å². The quantitative estimate of drug-likeness (QED) is 0.480. The summed E-state index contributed by atoms with van der Waals surface area (Å²) in [4.78, 5) is 33.7. The first kappa shape index (κ1) is 25.1. The number of pyridine rings is 1. The highest BCUT2D eigenvalue weighted by Gasteiger charge is 2.19. The molecule has 0 spiro atoms. The van der Waals surface area contributed by atoms with Crippen LogP contribution >= 0.6 is 0 Å². The van der Waals surface area contributed by atoms with Gasteiger partial charge in [0.15, 0.2) is 5.82 Å². The number of benzene rings is 1. The van der Waals surface area contributed by atoms with Gasteiger partial charge in [0.25, 0.3) is 11.8 Å². The molecule has 0 radical (unpaired) electrons. The molecule has 0 unspecified atom stereocenters. The van der Waals surface area contributed by atoms with E-state index < -0.39 is 5.91 Å². The zero-order valence-electron chi connectivity index (χ0n) is 19.7. The number of aryl methyl sites for hydroxylation is 1. The van der Waals surface area contributed by atoms with E-state index in [1.807, 2.05) is 45.2 Å². The Hall–Kier alpha value is -4.20. The molecule has 8 heteroatoms. The third kappa shape index (κ3) is 5.94. The van der Waals surface area contributed by atoms with E-state index in [4.69, 9.17) is 0 Å². The van der Waals surface area contributed by atoms with Crippen LogP contribution in [0.4, 0.5) is 17.2 Å². The number of hydrogen-bond acceptors (Lipinski definition) is 5. The van der Waals surface area contributed by atoms with E-state index in [0.29, 0.717) is 28.6 Å². The van der Waals surface area contributed by atoms with Gasteiger partial charge in [-0.1, -0.05) is 30.9 Å². The van der Waals surface area contributed by atoms with Crippen molar-refractivity contribution in [3.8, 4) is 0 Å². The van der Waals surface area contributed by atoms with Crippen LogP contribution < -0.4 is 16.0 Å². The van der Waals surface area contributed by atoms with Crippen LogP contribution in [0.25, 0.3) is 6.08 Å². The van der Waals surface area contributed by atoms with Gasteiger partial charge in [-0.3, -0.25) is 9.59 Å². The normalized spacial score (nSPS) is 9.85. The summed E-state index contributed by atoms with van der Waals surface area (Å²) >= 11 is 0. The number of carbonyl (C=O) groups excluding carboxylic acids is 2. The molecule has 0 atom stereocenters. The Balaban J connectivity index is 0.00000122. The van der Waals surface area contributed by atoms with Crippen molar-refractivity contribution in [2.24, 2.45) is 7.05 Å². The average Bonchev–Trinajstić information content (AvgIpc) is 3.10. The monoisotopic (exact) mass is 446 g/mol. The Bertz CT molecular complexity index is 1180. The van der Waals surface area contributed by atoms with Crippen LogP contribution in [0.5, 0.6) is 0 Å². The lowest BCUT2D eigenvalue weighted by Gasteiger charge is -2.14. The zero-order chi connectivity index (χ0) is 24.5. The molecule has 8 nitrogen and oxygen atoms in total. The van der Waals surface area contributed by atoms with Crippen molar-refractivity contribution < 1.29 is 9.59 Å². The van der Waals surface area contributed by atoms with Gasteiger partial charge in [0, 0.05) is 31.7 Å². The topological polar surface area (TPSA) is 101 Å². The molecule has 0 saturated carbocycles. The second kappa shape index (κ2) is 11.4. The fraction of sp³-hybridized carbons (Fsp3) is 0.200. The molecule has 0 aliphatic carbocycles. The van der Waals surface area contributed by atoms with Crippen LogP contribution in [0.15, 0.2) is 55.8 Å². The molecular weight excluding hydrogens is 416 g/mol. The first-order valence-electron chi connectivity index (χ1n) is 10.4. The summed E-state index contributed by atoms with van der Waals surface area (Å²) in [6.45, 7) is 12.7. The third-order valence-electron chi connectivity index (χ3n) is 4.84. The third-order valence-corrected chi connectivity index (χ3v) is 4.84. The van der Waals surface area contributed by atoms with Crippen molar-refractivity contribution >= 4 is 35.1 Å². The van der Waals surface area contributed by atoms with E-state index in [9.17, 15) is 9.59 Å². The van der Waals surface area contributed by atoms with Gasteiger partial charge in [-0.15, -0.1) is 6.58 Å². The molecule has 33 heavy (non-hydrogen) atoms. The largest absolute Gasteiger partial charge is 0.355 e. The molecule has 0 saturated heterocycles. The molecule has 0 aliphatic heterocycles. The van der Waals surface area contributed by atoms with E-state index in [1.54, 1.807) is 29.7 Å². The molecule has 1 aromatic carbocycles. The summed E-state index contributed by atoms with van der Waals surface area (Å²) in [7, 11) is 3.35. The Morgan fingerprint density at radius 2 is 1.76 bits per heavy atom. The van der Waals surface area contributed by atoms with Gasteiger partial charge in [-0.25, -0.2) is 9.97 Å². The maximum atomic E-state index is 13.0. The number of rotatable bonds is 6. The molecule has 172 valence electrons. The number of imidazole rings is 1. The maximum Gasteiger partial charge on any atom is 0.276 e. The first-order chi connectivity index (χ1) is 15.8. The van der Waals surface area contributed by atoms with Crippen molar-refractivity contribution in [1.29, 1.82) is 0 Å². The van der Waals surface area contributed by atoms with E-state index in [1.165, 1.54) is 13.2 Å². The summed E-state index contributed by atoms with van der Waals surface area (Å²) < 4.78 is 1.79. The van der Waals surface area contributed by atoms with Crippen LogP contribution in [-0.2, 0) is 7.05 Å². The Morgan fingerprint density at radius 3 is 2.33 bits per heavy atom. The molecule has 3 aromatic rings. The van der Waals surface area contributed by atoms with Crippen LogP contribution in [0.2, 0.25) is 0 Å². The van der Waals surface area contributed by atoms with Gasteiger partial charge >= 0.3 is 0 Å². The lowest BCUT2D eigenvalue weighted by molar-refractivity contribution is 0.0961. The number of nitrogens with zero attached hydrogens (tertiary/aromatic N) is 3. The molecule has 3 N–H and O–H groups in total. The summed E-state index contributed by atoms with van der Waals surface area (Å²) in [5, 5.41) is 8.62. The highest BCUT2D eigenvalue weighted by atomic mass is 16.2. The van der Waals surface area contributed by atoms with Crippen molar-refractivity contribution in [2.45, 2.75) is 20.8 Å². The van der Waals surface area contributed by atoms with E-state index in [2.05, 4.69) is 39.1 Å². The second-order valence-electron chi connectivity index (χ2n) is 7.17. The summed E-state index contributed by atoms with van der Waals surface area (Å²) in [5.74, 6) is 0.305. The maximum absolute atomic E-state index is 13.0. The Morgan fingerprint density at radius 1 is 1.09 bits per heavy atom. The number of allylic oxidation sites excluding steroid dienone is 1. The molecule has 2 heterocycles. The summed E-state index contributed by atoms with van der Waals surface area (Å²) in [5.41, 5.74) is 3.53. The first-order valence-corrected chi connectivity index (χ1v) is 10.4. The van der Waals surface area contributed by atoms with Crippen molar-refractivity contribution in [1.82, 2.24) is 19.9 Å². The molecule has 0 aliphatic rings. The van der Waals surface area contributed by atoms with Gasteiger partial charge in [0.05, 0.1) is 11.3 Å².